The van der Waals surface area contributed by atoms with Crippen molar-refractivity contribution in [3.05, 3.63) is 11.6 Å². The fraction of sp³-hybridized carbons (Fsp3) is 0.867. The topological polar surface area (TPSA) is 38.0 Å². The number of rotatable bonds is 5. The zero-order chi connectivity index (χ0) is 12.4. The molecule has 0 aromatic carbocycles. The van der Waals surface area contributed by atoms with Gasteiger partial charge in [0.2, 0.25) is 0 Å². The van der Waals surface area contributed by atoms with Gasteiger partial charge in [-0.25, -0.2) is 0 Å². The summed E-state index contributed by atoms with van der Waals surface area (Å²) < 4.78 is 0. The Labute approximate surface area is 106 Å². The van der Waals surface area contributed by atoms with E-state index in [1.807, 2.05) is 0 Å². The molecule has 1 atom stereocenters. The Bertz CT molecular complexity index is 293. The quantitative estimate of drug-likeness (QED) is 0.720. The van der Waals surface area contributed by atoms with Crippen molar-refractivity contribution in [1.82, 2.24) is 5.32 Å². The van der Waals surface area contributed by atoms with Crippen molar-refractivity contribution < 1.29 is 0 Å². The van der Waals surface area contributed by atoms with E-state index in [0.717, 1.165) is 13.1 Å². The van der Waals surface area contributed by atoms with Gasteiger partial charge in [0.25, 0.3) is 0 Å². The Morgan fingerprint density at radius 2 is 2.18 bits per heavy atom. The van der Waals surface area contributed by atoms with Gasteiger partial charge in [-0.05, 0) is 56.9 Å². The molecule has 2 nitrogen and oxygen atoms in total. The molecule has 2 heteroatoms. The van der Waals surface area contributed by atoms with E-state index < -0.39 is 0 Å². The monoisotopic (exact) mass is 236 g/mol. The summed E-state index contributed by atoms with van der Waals surface area (Å²) in [4.78, 5) is 0. The first-order valence-corrected chi connectivity index (χ1v) is 7.18. The van der Waals surface area contributed by atoms with Gasteiger partial charge >= 0.3 is 0 Å². The second-order valence-electron chi connectivity index (χ2n) is 6.76. The molecule has 1 saturated carbocycles. The minimum Gasteiger partial charge on any atom is -0.329 e. The Hall–Kier alpha value is -0.340. The number of nitrogens with two attached hydrogens (primary N) is 1. The van der Waals surface area contributed by atoms with Crippen molar-refractivity contribution in [2.24, 2.45) is 11.1 Å². The minimum atomic E-state index is 0.225. The second-order valence-corrected chi connectivity index (χ2v) is 6.76. The highest BCUT2D eigenvalue weighted by Crippen LogP contribution is 2.43. The van der Waals surface area contributed by atoms with Crippen LogP contribution in [0, 0.1) is 5.41 Å². The molecule has 0 aromatic heterocycles. The van der Waals surface area contributed by atoms with Crippen LogP contribution in [0.2, 0.25) is 0 Å². The van der Waals surface area contributed by atoms with Crippen molar-refractivity contribution in [2.45, 2.75) is 64.3 Å². The zero-order valence-electron chi connectivity index (χ0n) is 11.5. The molecule has 2 aliphatic rings. The summed E-state index contributed by atoms with van der Waals surface area (Å²) in [5.74, 6) is 0. The lowest BCUT2D eigenvalue weighted by Crippen LogP contribution is -2.50. The number of hydrogen-bond donors (Lipinski definition) is 2. The third-order valence-electron chi connectivity index (χ3n) is 4.57. The Morgan fingerprint density at radius 1 is 1.35 bits per heavy atom. The maximum absolute atomic E-state index is 6.01. The maximum Gasteiger partial charge on any atom is 0.0309 e. The highest BCUT2D eigenvalue weighted by atomic mass is 15.0. The molecular formula is C15H28N2. The Kier molecular flexibility index (Phi) is 3.94. The van der Waals surface area contributed by atoms with E-state index in [-0.39, 0.29) is 5.54 Å². The molecule has 1 fully saturated rings. The molecule has 17 heavy (non-hydrogen) atoms. The van der Waals surface area contributed by atoms with Crippen LogP contribution in [-0.4, -0.2) is 18.6 Å². The summed E-state index contributed by atoms with van der Waals surface area (Å²) in [6.07, 6.45) is 11.4. The summed E-state index contributed by atoms with van der Waals surface area (Å²) >= 11 is 0. The van der Waals surface area contributed by atoms with Gasteiger partial charge in [0, 0.05) is 12.1 Å². The SMILES string of the molecule is CC1(C)CCC(CN)(NCCC2=CCCC2)C1. The zero-order valence-corrected chi connectivity index (χ0v) is 11.5. The van der Waals surface area contributed by atoms with Gasteiger partial charge in [-0.15, -0.1) is 0 Å². The summed E-state index contributed by atoms with van der Waals surface area (Å²) in [7, 11) is 0. The lowest BCUT2D eigenvalue weighted by Gasteiger charge is -2.31. The van der Waals surface area contributed by atoms with Crippen LogP contribution < -0.4 is 11.1 Å². The fourth-order valence-corrected chi connectivity index (χ4v) is 3.52. The van der Waals surface area contributed by atoms with Crippen LogP contribution in [0.3, 0.4) is 0 Å². The number of nitrogens with one attached hydrogen (secondary N) is 1. The van der Waals surface area contributed by atoms with Gasteiger partial charge in [0.1, 0.15) is 0 Å². The van der Waals surface area contributed by atoms with Crippen LogP contribution >= 0.6 is 0 Å². The molecule has 0 amide bonds. The minimum absolute atomic E-state index is 0.225. The lowest BCUT2D eigenvalue weighted by atomic mass is 9.87. The summed E-state index contributed by atoms with van der Waals surface area (Å²) in [5.41, 5.74) is 8.36. The van der Waals surface area contributed by atoms with Crippen molar-refractivity contribution in [2.75, 3.05) is 13.1 Å². The molecule has 0 bridgehead atoms. The average Bonchev–Trinajstić information content (AvgIpc) is 2.87. The molecule has 0 saturated heterocycles. The van der Waals surface area contributed by atoms with E-state index >= 15 is 0 Å². The molecule has 2 aliphatic carbocycles. The summed E-state index contributed by atoms with van der Waals surface area (Å²) in [6.45, 7) is 6.63. The first kappa shape index (κ1) is 13.1. The molecule has 3 N–H and O–H groups in total. The van der Waals surface area contributed by atoms with Gasteiger partial charge in [-0.2, -0.15) is 0 Å². The largest absolute Gasteiger partial charge is 0.329 e. The van der Waals surface area contributed by atoms with Gasteiger partial charge in [-0.3, -0.25) is 0 Å². The summed E-state index contributed by atoms with van der Waals surface area (Å²) in [6, 6.07) is 0. The van der Waals surface area contributed by atoms with Crippen molar-refractivity contribution >= 4 is 0 Å². The average molecular weight is 236 g/mol. The fourth-order valence-electron chi connectivity index (χ4n) is 3.52. The lowest BCUT2D eigenvalue weighted by molar-refractivity contribution is 0.292. The van der Waals surface area contributed by atoms with E-state index in [9.17, 15) is 0 Å². The maximum atomic E-state index is 6.01. The van der Waals surface area contributed by atoms with E-state index in [1.54, 1.807) is 5.57 Å². The van der Waals surface area contributed by atoms with Crippen molar-refractivity contribution in [1.29, 1.82) is 0 Å². The molecule has 0 aliphatic heterocycles. The molecule has 0 heterocycles. The third kappa shape index (κ3) is 3.32. The van der Waals surface area contributed by atoms with E-state index in [1.165, 1.54) is 44.9 Å². The standard InChI is InChI=1S/C15H28N2/c1-14(2)8-9-15(11-14,12-16)17-10-7-13-5-3-4-6-13/h5,17H,3-4,6-12,16H2,1-2H3. The molecule has 0 aromatic rings. The van der Waals surface area contributed by atoms with E-state index in [2.05, 4.69) is 25.2 Å². The Balaban J connectivity index is 1.80. The molecule has 98 valence electrons. The highest BCUT2D eigenvalue weighted by molar-refractivity contribution is 5.08. The highest BCUT2D eigenvalue weighted by Gasteiger charge is 2.41. The first-order valence-electron chi connectivity index (χ1n) is 7.18. The molecule has 1 unspecified atom stereocenters. The van der Waals surface area contributed by atoms with Crippen LogP contribution in [0.15, 0.2) is 11.6 Å². The Morgan fingerprint density at radius 3 is 2.71 bits per heavy atom. The van der Waals surface area contributed by atoms with Crippen LogP contribution in [0.4, 0.5) is 0 Å². The smallest absolute Gasteiger partial charge is 0.0309 e. The van der Waals surface area contributed by atoms with Crippen molar-refractivity contribution in [3.63, 3.8) is 0 Å². The van der Waals surface area contributed by atoms with Gasteiger partial charge in [-0.1, -0.05) is 25.5 Å². The predicted octanol–water partition coefficient (Wildman–Crippen LogP) is 2.98. The van der Waals surface area contributed by atoms with Gasteiger partial charge in [0.15, 0.2) is 0 Å². The molecule has 0 spiro atoms. The van der Waals surface area contributed by atoms with E-state index in [0.29, 0.717) is 5.41 Å². The molecule has 0 radical (unpaired) electrons. The van der Waals surface area contributed by atoms with Crippen molar-refractivity contribution in [3.8, 4) is 0 Å². The van der Waals surface area contributed by atoms with Gasteiger partial charge < -0.3 is 11.1 Å². The summed E-state index contributed by atoms with van der Waals surface area (Å²) in [5, 5.41) is 3.76. The number of hydrogen-bond acceptors (Lipinski definition) is 2. The first-order chi connectivity index (χ1) is 8.05. The van der Waals surface area contributed by atoms with E-state index in [4.69, 9.17) is 5.73 Å². The van der Waals surface area contributed by atoms with Crippen LogP contribution in [0.25, 0.3) is 0 Å². The van der Waals surface area contributed by atoms with Crippen LogP contribution in [0.5, 0.6) is 0 Å². The third-order valence-corrected chi connectivity index (χ3v) is 4.57. The molecular weight excluding hydrogens is 208 g/mol. The number of allylic oxidation sites excluding steroid dienone is 1. The second kappa shape index (κ2) is 5.11. The van der Waals surface area contributed by atoms with Crippen LogP contribution in [0.1, 0.15) is 58.8 Å². The predicted molar refractivity (Wildman–Crippen MR) is 74.0 cm³/mol. The normalized spacial score (nSPS) is 31.8. The van der Waals surface area contributed by atoms with Crippen LogP contribution in [-0.2, 0) is 0 Å². The molecule has 2 rings (SSSR count). The van der Waals surface area contributed by atoms with Gasteiger partial charge in [0.05, 0.1) is 0 Å².